The van der Waals surface area contributed by atoms with Gasteiger partial charge in [-0.2, -0.15) is 10.4 Å². The van der Waals surface area contributed by atoms with E-state index < -0.39 is 17.0 Å². The van der Waals surface area contributed by atoms with Gasteiger partial charge in [0, 0.05) is 34.0 Å². The molecule has 0 radical (unpaired) electrons. The van der Waals surface area contributed by atoms with Crippen LogP contribution in [0.2, 0.25) is 0 Å². The smallest absolute Gasteiger partial charge is 0.335 e. The van der Waals surface area contributed by atoms with E-state index in [1.54, 1.807) is 19.2 Å². The number of aromatic amines is 1. The Morgan fingerprint density at radius 1 is 1.31 bits per heavy atom. The van der Waals surface area contributed by atoms with Crippen molar-refractivity contribution in [3.05, 3.63) is 59.2 Å². The van der Waals surface area contributed by atoms with Gasteiger partial charge in [0.15, 0.2) is 5.60 Å². The third kappa shape index (κ3) is 3.75. The van der Waals surface area contributed by atoms with Crippen LogP contribution in [-0.2, 0) is 10.2 Å². The Kier molecular flexibility index (Phi) is 5.64. The molecule has 186 valence electrons. The lowest BCUT2D eigenvalue weighted by Gasteiger charge is -2.35. The molecule has 2 heterocycles. The first-order valence-corrected chi connectivity index (χ1v) is 12.2. The van der Waals surface area contributed by atoms with E-state index >= 15 is 0 Å². The van der Waals surface area contributed by atoms with Gasteiger partial charge in [-0.3, -0.25) is 5.10 Å². The quantitative estimate of drug-likeness (QED) is 0.337. The van der Waals surface area contributed by atoms with Crippen LogP contribution in [0.25, 0.3) is 27.5 Å². The molecule has 0 amide bonds. The SMILES string of the molecule is Cc1cc(-n2c(C(C)(C)CC#N)c([C@H]3CC[C@](O)(C(=O)O)CC3)c3cc4[nH]ncc4cc32)ccc1F. The Labute approximate surface area is 208 Å². The summed E-state index contributed by atoms with van der Waals surface area (Å²) in [7, 11) is 0. The van der Waals surface area contributed by atoms with Gasteiger partial charge in [-0.1, -0.05) is 13.8 Å². The Bertz CT molecular complexity index is 1530. The van der Waals surface area contributed by atoms with Crippen molar-refractivity contribution in [2.45, 2.75) is 69.8 Å². The van der Waals surface area contributed by atoms with Crippen molar-refractivity contribution >= 4 is 27.8 Å². The molecule has 1 saturated carbocycles. The summed E-state index contributed by atoms with van der Waals surface area (Å²) in [4.78, 5) is 11.7. The number of nitrogens with one attached hydrogen (secondary N) is 1. The van der Waals surface area contributed by atoms with E-state index in [4.69, 9.17) is 0 Å². The number of hydrogen-bond acceptors (Lipinski definition) is 4. The first kappa shape index (κ1) is 24.0. The molecule has 5 rings (SSSR count). The van der Waals surface area contributed by atoms with E-state index in [2.05, 4.69) is 33.0 Å². The molecule has 3 N–H and O–H groups in total. The maximum atomic E-state index is 14.2. The number of H-pyrrole nitrogens is 1. The predicted octanol–water partition coefficient (Wildman–Crippen LogP) is 5.62. The third-order valence-electron chi connectivity index (χ3n) is 7.75. The fourth-order valence-electron chi connectivity index (χ4n) is 5.74. The van der Waals surface area contributed by atoms with Crippen molar-refractivity contribution in [3.8, 4) is 11.8 Å². The van der Waals surface area contributed by atoms with E-state index in [0.29, 0.717) is 18.4 Å². The first-order valence-electron chi connectivity index (χ1n) is 12.2. The minimum absolute atomic E-state index is 0.0109. The minimum Gasteiger partial charge on any atom is -0.479 e. The van der Waals surface area contributed by atoms with Gasteiger partial charge in [-0.05, 0) is 80.0 Å². The number of halogens is 1. The van der Waals surface area contributed by atoms with Crippen LogP contribution < -0.4 is 0 Å². The molecule has 1 aliphatic rings. The molecule has 0 unspecified atom stereocenters. The van der Waals surface area contributed by atoms with Gasteiger partial charge < -0.3 is 14.8 Å². The zero-order valence-electron chi connectivity index (χ0n) is 20.6. The normalized spacial score (nSPS) is 20.6. The number of aryl methyl sites for hydroxylation is 1. The topological polar surface area (TPSA) is 115 Å². The van der Waals surface area contributed by atoms with Gasteiger partial charge in [0.1, 0.15) is 5.82 Å². The summed E-state index contributed by atoms with van der Waals surface area (Å²) in [6, 6.07) is 11.5. The average molecular weight is 489 g/mol. The van der Waals surface area contributed by atoms with E-state index in [1.807, 2.05) is 19.9 Å². The van der Waals surface area contributed by atoms with Gasteiger partial charge in [-0.15, -0.1) is 0 Å². The number of aliphatic carboxylic acids is 1. The fraction of sp³-hybridized carbons (Fsp3) is 0.393. The van der Waals surface area contributed by atoms with Crippen LogP contribution in [0.5, 0.6) is 0 Å². The summed E-state index contributed by atoms with van der Waals surface area (Å²) < 4.78 is 16.4. The summed E-state index contributed by atoms with van der Waals surface area (Å²) in [6.45, 7) is 5.79. The molecular formula is C28H29FN4O3. The van der Waals surface area contributed by atoms with Crippen molar-refractivity contribution in [2.24, 2.45) is 0 Å². The highest BCUT2D eigenvalue weighted by Gasteiger charge is 2.43. The maximum absolute atomic E-state index is 14.2. The second-order valence-corrected chi connectivity index (χ2v) is 10.7. The highest BCUT2D eigenvalue weighted by Crippen LogP contribution is 2.48. The van der Waals surface area contributed by atoms with Gasteiger partial charge in [0.2, 0.25) is 0 Å². The Morgan fingerprint density at radius 3 is 2.67 bits per heavy atom. The van der Waals surface area contributed by atoms with Crippen LogP contribution in [0.1, 0.15) is 68.7 Å². The summed E-state index contributed by atoms with van der Waals surface area (Å²) in [6.07, 6.45) is 3.33. The van der Waals surface area contributed by atoms with E-state index in [1.165, 1.54) is 6.07 Å². The second-order valence-electron chi connectivity index (χ2n) is 10.7. The summed E-state index contributed by atoms with van der Waals surface area (Å²) >= 11 is 0. The van der Waals surface area contributed by atoms with Gasteiger partial charge >= 0.3 is 5.97 Å². The van der Waals surface area contributed by atoms with Crippen LogP contribution in [0.15, 0.2) is 36.5 Å². The monoisotopic (exact) mass is 488 g/mol. The van der Waals surface area contributed by atoms with Crippen molar-refractivity contribution in [2.75, 3.05) is 0 Å². The number of carboxylic acids is 1. The largest absolute Gasteiger partial charge is 0.479 e. The molecule has 2 aromatic carbocycles. The number of nitriles is 1. The van der Waals surface area contributed by atoms with Crippen LogP contribution in [-0.4, -0.2) is 36.5 Å². The number of aromatic nitrogens is 3. The number of rotatable bonds is 5. The lowest BCUT2D eigenvalue weighted by Crippen LogP contribution is -2.41. The van der Waals surface area contributed by atoms with Crippen LogP contribution in [0.4, 0.5) is 4.39 Å². The average Bonchev–Trinajstić information content (AvgIpc) is 3.42. The number of carbonyl (C=O) groups is 1. The molecule has 36 heavy (non-hydrogen) atoms. The molecule has 7 nitrogen and oxygen atoms in total. The van der Waals surface area contributed by atoms with Gasteiger partial charge in [-0.25, -0.2) is 9.18 Å². The molecule has 2 aromatic heterocycles. The fourth-order valence-corrected chi connectivity index (χ4v) is 5.74. The number of benzene rings is 2. The van der Waals surface area contributed by atoms with E-state index in [0.717, 1.165) is 38.8 Å². The van der Waals surface area contributed by atoms with Gasteiger partial charge in [0.25, 0.3) is 0 Å². The van der Waals surface area contributed by atoms with Gasteiger partial charge in [0.05, 0.1) is 23.3 Å². The van der Waals surface area contributed by atoms with Crippen molar-refractivity contribution < 1.29 is 19.4 Å². The molecule has 4 aromatic rings. The lowest BCUT2D eigenvalue weighted by molar-refractivity contribution is -0.162. The van der Waals surface area contributed by atoms with Crippen LogP contribution >= 0.6 is 0 Å². The highest BCUT2D eigenvalue weighted by molar-refractivity contribution is 5.99. The molecule has 0 atom stereocenters. The molecule has 0 saturated heterocycles. The van der Waals surface area contributed by atoms with E-state index in [-0.39, 0.29) is 31.0 Å². The summed E-state index contributed by atoms with van der Waals surface area (Å²) in [5.41, 5.74) is 2.84. The summed E-state index contributed by atoms with van der Waals surface area (Å²) in [5, 5.41) is 39.0. The molecule has 0 aliphatic heterocycles. The Hall–Kier alpha value is -3.70. The first-order chi connectivity index (χ1) is 17.1. The number of carboxylic acid groups (broad SMARTS) is 1. The number of fused-ring (bicyclic) bond motifs is 2. The Morgan fingerprint density at radius 2 is 2.03 bits per heavy atom. The second kappa shape index (κ2) is 8.45. The molecule has 1 fully saturated rings. The molecule has 0 bridgehead atoms. The highest BCUT2D eigenvalue weighted by atomic mass is 19.1. The van der Waals surface area contributed by atoms with Crippen molar-refractivity contribution in [1.29, 1.82) is 5.26 Å². The Balaban J connectivity index is 1.83. The molecule has 0 spiro atoms. The minimum atomic E-state index is -1.72. The zero-order valence-corrected chi connectivity index (χ0v) is 20.6. The number of nitrogens with zero attached hydrogens (tertiary/aromatic N) is 3. The zero-order chi connectivity index (χ0) is 25.8. The predicted molar refractivity (Wildman–Crippen MR) is 135 cm³/mol. The lowest BCUT2D eigenvalue weighted by atomic mass is 9.72. The molecule has 1 aliphatic carbocycles. The number of aliphatic hydroxyl groups is 1. The standard InChI is InChI=1S/C28H29FN4O3/c1-16-12-19(4-5-21(16)29)33-23-13-18-15-31-32-22(18)14-20(23)24(25(33)27(2,3)10-11-30)17-6-8-28(36,9-7-17)26(34)35/h4-5,12-15,17,36H,6-10H2,1-3H3,(H,31,32)(H,34,35)/t17-,28+. The van der Waals surface area contributed by atoms with Crippen molar-refractivity contribution in [1.82, 2.24) is 14.8 Å². The van der Waals surface area contributed by atoms with Crippen LogP contribution in [0.3, 0.4) is 0 Å². The molecule has 8 heteroatoms. The third-order valence-corrected chi connectivity index (χ3v) is 7.75. The van der Waals surface area contributed by atoms with Crippen LogP contribution in [0, 0.1) is 24.1 Å². The van der Waals surface area contributed by atoms with E-state index in [9.17, 15) is 24.7 Å². The maximum Gasteiger partial charge on any atom is 0.335 e. The number of hydrogen-bond donors (Lipinski definition) is 3. The molecular weight excluding hydrogens is 459 g/mol. The summed E-state index contributed by atoms with van der Waals surface area (Å²) in [5.74, 6) is -1.48. The van der Waals surface area contributed by atoms with Crippen molar-refractivity contribution in [3.63, 3.8) is 0 Å².